The molecule has 0 aliphatic carbocycles. The van der Waals surface area contributed by atoms with Crippen LogP contribution in [-0.4, -0.2) is 9.85 Å². The second-order valence-electron chi connectivity index (χ2n) is 3.48. The maximum Gasteiger partial charge on any atom is 0.434 e. The molecule has 0 fully saturated rings. The summed E-state index contributed by atoms with van der Waals surface area (Å²) in [5, 5.41) is 20.8. The van der Waals surface area contributed by atoms with Crippen LogP contribution in [0, 0.1) is 32.1 Å². The summed E-state index contributed by atoms with van der Waals surface area (Å²) in [7, 11) is 0. The van der Waals surface area contributed by atoms with Crippen molar-refractivity contribution in [3.63, 3.8) is 0 Å². The molecule has 7 heteroatoms. The number of rotatable bonds is 2. The quantitative estimate of drug-likeness (QED) is 0.468. The number of non-ortho nitro benzene ring substituents is 1. The van der Waals surface area contributed by atoms with Crippen molar-refractivity contribution in [1.82, 2.24) is 0 Å². The molecule has 19 heavy (non-hydrogen) atoms. The number of hydrogen-bond acceptors (Lipinski definition) is 5. The van der Waals surface area contributed by atoms with Crippen LogP contribution < -0.4 is 0 Å². The summed E-state index contributed by atoms with van der Waals surface area (Å²) >= 11 is 0. The van der Waals surface area contributed by atoms with Gasteiger partial charge >= 0.3 is 5.88 Å². The minimum atomic E-state index is -0.656. The van der Waals surface area contributed by atoms with Crippen LogP contribution in [0.2, 0.25) is 0 Å². The molecule has 0 aliphatic heterocycles. The lowest BCUT2D eigenvalue weighted by Crippen LogP contribution is -1.86. The largest absolute Gasteiger partial charge is 0.434 e. The number of benzene rings is 1. The molecule has 0 unspecified atom stereocenters. The lowest BCUT2D eigenvalue weighted by Gasteiger charge is -1.90. The minimum absolute atomic E-state index is 0.0236. The molecule has 0 N–H and O–H groups in total. The van der Waals surface area contributed by atoms with Gasteiger partial charge < -0.3 is 4.42 Å². The highest BCUT2D eigenvalue weighted by molar-refractivity contribution is 5.46. The van der Waals surface area contributed by atoms with Crippen molar-refractivity contribution in [1.29, 1.82) is 0 Å². The Morgan fingerprint density at radius 2 is 1.58 bits per heavy atom. The first kappa shape index (κ1) is 12.3. The summed E-state index contributed by atoms with van der Waals surface area (Å²) in [6, 6.07) is 6.88. The van der Waals surface area contributed by atoms with Crippen molar-refractivity contribution in [3.05, 3.63) is 68.0 Å². The Morgan fingerprint density at radius 1 is 0.947 bits per heavy atom. The van der Waals surface area contributed by atoms with Gasteiger partial charge in [0.1, 0.15) is 11.2 Å². The second-order valence-corrected chi connectivity index (χ2v) is 3.48. The molecule has 1 heterocycles. The summed E-state index contributed by atoms with van der Waals surface area (Å²) in [6.07, 6.45) is 1.18. The zero-order valence-electron chi connectivity index (χ0n) is 9.40. The van der Waals surface area contributed by atoms with E-state index in [1.54, 1.807) is 0 Å². The van der Waals surface area contributed by atoms with Crippen LogP contribution in [0.3, 0.4) is 0 Å². The van der Waals surface area contributed by atoms with E-state index < -0.39 is 9.85 Å². The molecule has 0 aliphatic rings. The SMILES string of the molecule is O=[N+]([O-])c1ccc(C#Cc2coc([N+](=O)[O-])c2)cc1. The smallest absolute Gasteiger partial charge is 0.408 e. The van der Waals surface area contributed by atoms with Crippen molar-refractivity contribution in [2.24, 2.45) is 0 Å². The van der Waals surface area contributed by atoms with Gasteiger partial charge in [-0.2, -0.15) is 0 Å². The molecule has 1 aromatic heterocycles. The van der Waals surface area contributed by atoms with Crippen LogP contribution in [0.25, 0.3) is 0 Å². The molecular formula is C12H6N2O5. The van der Waals surface area contributed by atoms with E-state index in [9.17, 15) is 20.2 Å². The first-order valence-electron chi connectivity index (χ1n) is 5.05. The monoisotopic (exact) mass is 258 g/mol. The second kappa shape index (κ2) is 5.01. The first-order chi connectivity index (χ1) is 9.06. The topological polar surface area (TPSA) is 99.4 Å². The van der Waals surface area contributed by atoms with E-state index >= 15 is 0 Å². The van der Waals surface area contributed by atoms with Crippen molar-refractivity contribution < 1.29 is 14.3 Å². The third kappa shape index (κ3) is 2.95. The Kier molecular flexibility index (Phi) is 3.25. The first-order valence-corrected chi connectivity index (χ1v) is 5.05. The molecule has 0 spiro atoms. The van der Waals surface area contributed by atoms with Gasteiger partial charge in [0.05, 0.1) is 16.6 Å². The lowest BCUT2D eigenvalue weighted by atomic mass is 10.2. The van der Waals surface area contributed by atoms with Gasteiger partial charge in [-0.1, -0.05) is 11.8 Å². The van der Waals surface area contributed by atoms with Crippen molar-refractivity contribution >= 4 is 11.6 Å². The zero-order valence-corrected chi connectivity index (χ0v) is 9.40. The zero-order chi connectivity index (χ0) is 13.8. The highest BCUT2D eigenvalue weighted by Crippen LogP contribution is 2.15. The maximum absolute atomic E-state index is 10.5. The van der Waals surface area contributed by atoms with Crippen LogP contribution in [0.5, 0.6) is 0 Å². The van der Waals surface area contributed by atoms with Gasteiger partial charge in [-0.25, -0.2) is 0 Å². The van der Waals surface area contributed by atoms with Gasteiger partial charge in [-0.3, -0.25) is 20.2 Å². The van der Waals surface area contributed by atoms with Gasteiger partial charge in [0.25, 0.3) is 5.69 Å². The van der Waals surface area contributed by atoms with Gasteiger partial charge in [-0.05, 0) is 12.1 Å². The molecule has 0 atom stereocenters. The summed E-state index contributed by atoms with van der Waals surface area (Å²) in [5.74, 6) is 5.01. The van der Waals surface area contributed by atoms with Crippen LogP contribution in [-0.2, 0) is 0 Å². The van der Waals surface area contributed by atoms with Gasteiger partial charge in [0.15, 0.2) is 0 Å². The van der Waals surface area contributed by atoms with E-state index in [0.29, 0.717) is 11.1 Å². The van der Waals surface area contributed by atoms with Gasteiger partial charge in [0.2, 0.25) is 0 Å². The Bertz CT molecular complexity index is 691. The van der Waals surface area contributed by atoms with E-state index in [-0.39, 0.29) is 11.6 Å². The average Bonchev–Trinajstić information content (AvgIpc) is 2.86. The fourth-order valence-corrected chi connectivity index (χ4v) is 1.30. The fourth-order valence-electron chi connectivity index (χ4n) is 1.30. The molecule has 0 bridgehead atoms. The van der Waals surface area contributed by atoms with E-state index in [4.69, 9.17) is 0 Å². The molecule has 7 nitrogen and oxygen atoms in total. The van der Waals surface area contributed by atoms with Crippen LogP contribution in [0.15, 0.2) is 41.0 Å². The minimum Gasteiger partial charge on any atom is -0.408 e. The lowest BCUT2D eigenvalue weighted by molar-refractivity contribution is -0.402. The Morgan fingerprint density at radius 3 is 2.11 bits per heavy atom. The summed E-state index contributed by atoms with van der Waals surface area (Å²) in [5.41, 5.74) is 0.906. The molecule has 94 valence electrons. The molecule has 0 saturated heterocycles. The summed E-state index contributed by atoms with van der Waals surface area (Å²) in [6.45, 7) is 0. The molecule has 0 amide bonds. The number of nitro groups is 2. The van der Waals surface area contributed by atoms with E-state index in [2.05, 4.69) is 16.3 Å². The summed E-state index contributed by atoms with van der Waals surface area (Å²) < 4.78 is 4.67. The Balaban J connectivity index is 2.18. The highest BCUT2D eigenvalue weighted by Gasteiger charge is 2.10. The van der Waals surface area contributed by atoms with E-state index in [0.717, 1.165) is 0 Å². The van der Waals surface area contributed by atoms with Crippen molar-refractivity contribution in [2.45, 2.75) is 0 Å². The normalized spacial score (nSPS) is 9.47. The highest BCUT2D eigenvalue weighted by atomic mass is 16.6. The van der Waals surface area contributed by atoms with Crippen molar-refractivity contribution in [2.75, 3.05) is 0 Å². The average molecular weight is 258 g/mol. The predicted molar refractivity (Wildman–Crippen MR) is 64.4 cm³/mol. The molecular weight excluding hydrogens is 252 g/mol. The van der Waals surface area contributed by atoms with Crippen molar-refractivity contribution in [3.8, 4) is 11.8 Å². The molecule has 0 saturated carbocycles. The molecule has 1 aromatic carbocycles. The number of furan rings is 1. The number of nitrogens with zero attached hydrogens (tertiary/aromatic N) is 2. The molecule has 0 radical (unpaired) electrons. The maximum atomic E-state index is 10.5. The van der Waals surface area contributed by atoms with Crippen LogP contribution in [0.1, 0.15) is 11.1 Å². The molecule has 2 rings (SSSR count). The predicted octanol–water partition coefficient (Wildman–Crippen LogP) is 2.50. The summed E-state index contributed by atoms with van der Waals surface area (Å²) in [4.78, 5) is 19.7. The standard InChI is InChI=1S/C12H6N2O5/c15-13(16)11-5-3-9(4-6-11)1-2-10-7-12(14(17)18)19-8-10/h3-8H. The Labute approximate surface area is 106 Å². The molecule has 2 aromatic rings. The Hall–Kier alpha value is -3.14. The van der Waals surface area contributed by atoms with Crippen LogP contribution in [0.4, 0.5) is 11.6 Å². The van der Waals surface area contributed by atoms with Crippen LogP contribution >= 0.6 is 0 Å². The van der Waals surface area contributed by atoms with Gasteiger partial charge in [0, 0.05) is 17.7 Å². The van der Waals surface area contributed by atoms with E-state index in [1.807, 2.05) is 0 Å². The number of hydrogen-bond donors (Lipinski definition) is 0. The fraction of sp³-hybridized carbons (Fsp3) is 0. The number of nitro benzene ring substituents is 1. The third-order valence-electron chi connectivity index (χ3n) is 2.19. The third-order valence-corrected chi connectivity index (χ3v) is 2.19. The van der Waals surface area contributed by atoms with E-state index in [1.165, 1.54) is 36.6 Å². The van der Waals surface area contributed by atoms with Gasteiger partial charge in [-0.15, -0.1) is 0 Å².